The Morgan fingerprint density at radius 1 is 1.28 bits per heavy atom. The minimum Gasteiger partial charge on any atom is -0.454 e. The molecule has 0 aliphatic heterocycles. The second-order valence-corrected chi connectivity index (χ2v) is 3.83. The first-order chi connectivity index (χ1) is 8.66. The van der Waals surface area contributed by atoms with E-state index in [1.165, 1.54) is 0 Å². The van der Waals surface area contributed by atoms with E-state index in [9.17, 15) is 4.79 Å². The molecule has 0 saturated carbocycles. The van der Waals surface area contributed by atoms with Crippen LogP contribution in [-0.2, 0) is 4.79 Å². The smallest absolute Gasteiger partial charge is 0.226 e. The molecular formula is C13H13N3O2. The fourth-order valence-corrected chi connectivity index (χ4v) is 1.40. The number of primary amides is 1. The molecule has 2 rings (SSSR count). The first kappa shape index (κ1) is 12.0. The fraction of sp³-hybridized carbons (Fsp3) is 0.154. The second kappa shape index (κ2) is 5.27. The van der Waals surface area contributed by atoms with Gasteiger partial charge in [0.05, 0.1) is 24.0 Å². The van der Waals surface area contributed by atoms with Crippen LogP contribution in [0.3, 0.4) is 0 Å². The van der Waals surface area contributed by atoms with Gasteiger partial charge in [0.1, 0.15) is 11.5 Å². The fourth-order valence-electron chi connectivity index (χ4n) is 1.40. The quantitative estimate of drug-likeness (QED) is 0.888. The van der Waals surface area contributed by atoms with E-state index < -0.39 is 11.8 Å². The molecule has 92 valence electrons. The van der Waals surface area contributed by atoms with Crippen molar-refractivity contribution in [3.63, 3.8) is 0 Å². The molecule has 0 aliphatic rings. The van der Waals surface area contributed by atoms with Gasteiger partial charge in [-0.1, -0.05) is 0 Å². The van der Waals surface area contributed by atoms with Crippen LogP contribution in [0.5, 0.6) is 11.5 Å². The molecular weight excluding hydrogens is 230 g/mol. The molecule has 0 saturated heterocycles. The number of nitrogens with zero attached hydrogens (tertiary/aromatic N) is 2. The summed E-state index contributed by atoms with van der Waals surface area (Å²) in [5.74, 6) is 0.416. The number of carbonyl (C=O) groups excluding carboxylic acids is 1. The summed E-state index contributed by atoms with van der Waals surface area (Å²) >= 11 is 0. The van der Waals surface area contributed by atoms with Crippen molar-refractivity contribution in [1.82, 2.24) is 9.97 Å². The molecule has 2 heterocycles. The van der Waals surface area contributed by atoms with Crippen LogP contribution in [0.4, 0.5) is 0 Å². The minimum atomic E-state index is -0.405. The molecule has 1 amide bonds. The van der Waals surface area contributed by atoms with E-state index in [0.29, 0.717) is 17.2 Å². The molecule has 0 fully saturated rings. The number of aromatic nitrogens is 2. The van der Waals surface area contributed by atoms with Gasteiger partial charge in [-0.05, 0) is 31.2 Å². The van der Waals surface area contributed by atoms with E-state index >= 15 is 0 Å². The monoisotopic (exact) mass is 243 g/mol. The lowest BCUT2D eigenvalue weighted by Gasteiger charge is -2.08. The Labute approximate surface area is 105 Å². The van der Waals surface area contributed by atoms with Crippen molar-refractivity contribution in [2.24, 2.45) is 5.73 Å². The maximum Gasteiger partial charge on any atom is 0.226 e. The number of hydrogen-bond acceptors (Lipinski definition) is 4. The summed E-state index contributed by atoms with van der Waals surface area (Å²) in [6.07, 6.45) is 4.84. The van der Waals surface area contributed by atoms with Gasteiger partial charge < -0.3 is 10.5 Å². The van der Waals surface area contributed by atoms with Gasteiger partial charge in [0.2, 0.25) is 5.91 Å². The molecule has 1 atom stereocenters. The summed E-state index contributed by atoms with van der Waals surface area (Å²) < 4.78 is 5.53. The van der Waals surface area contributed by atoms with E-state index in [4.69, 9.17) is 10.5 Å². The van der Waals surface area contributed by atoms with Gasteiger partial charge in [0.25, 0.3) is 0 Å². The van der Waals surface area contributed by atoms with E-state index in [2.05, 4.69) is 9.97 Å². The average Bonchev–Trinajstić information content (AvgIpc) is 2.40. The SMILES string of the molecule is CC(C(N)=O)c1ccc(Oc2cccnc2)cn1. The van der Waals surface area contributed by atoms with Gasteiger partial charge in [-0.3, -0.25) is 14.8 Å². The van der Waals surface area contributed by atoms with Crippen LogP contribution in [0.15, 0.2) is 42.9 Å². The van der Waals surface area contributed by atoms with Crippen LogP contribution in [0.2, 0.25) is 0 Å². The third-order valence-electron chi connectivity index (χ3n) is 2.50. The van der Waals surface area contributed by atoms with Crippen molar-refractivity contribution in [2.45, 2.75) is 12.8 Å². The lowest BCUT2D eigenvalue weighted by atomic mass is 10.1. The lowest BCUT2D eigenvalue weighted by Crippen LogP contribution is -2.19. The molecule has 0 radical (unpaired) electrons. The predicted octanol–water partition coefficient (Wildman–Crippen LogP) is 1.86. The second-order valence-electron chi connectivity index (χ2n) is 3.83. The first-order valence-electron chi connectivity index (χ1n) is 5.50. The van der Waals surface area contributed by atoms with Crippen molar-refractivity contribution in [1.29, 1.82) is 0 Å². The number of carbonyl (C=O) groups is 1. The van der Waals surface area contributed by atoms with E-state index in [0.717, 1.165) is 0 Å². The third kappa shape index (κ3) is 2.82. The minimum absolute atomic E-state index is 0.400. The van der Waals surface area contributed by atoms with E-state index in [1.807, 2.05) is 0 Å². The zero-order valence-corrected chi connectivity index (χ0v) is 9.91. The van der Waals surface area contributed by atoms with E-state index in [1.54, 1.807) is 49.8 Å². The molecule has 2 aromatic heterocycles. The summed E-state index contributed by atoms with van der Waals surface area (Å²) in [6.45, 7) is 1.71. The summed E-state index contributed by atoms with van der Waals surface area (Å²) in [4.78, 5) is 19.1. The Bertz CT molecular complexity index is 526. The highest BCUT2D eigenvalue weighted by atomic mass is 16.5. The van der Waals surface area contributed by atoms with Gasteiger partial charge in [-0.15, -0.1) is 0 Å². The van der Waals surface area contributed by atoms with Crippen molar-refractivity contribution >= 4 is 5.91 Å². The molecule has 18 heavy (non-hydrogen) atoms. The Balaban J connectivity index is 2.11. The predicted molar refractivity (Wildman–Crippen MR) is 66.2 cm³/mol. The number of amides is 1. The van der Waals surface area contributed by atoms with Gasteiger partial charge in [-0.2, -0.15) is 0 Å². The van der Waals surface area contributed by atoms with Crippen molar-refractivity contribution < 1.29 is 9.53 Å². The Morgan fingerprint density at radius 2 is 2.06 bits per heavy atom. The lowest BCUT2D eigenvalue weighted by molar-refractivity contribution is -0.119. The molecule has 2 N–H and O–H groups in total. The number of nitrogens with two attached hydrogens (primary N) is 1. The van der Waals surface area contributed by atoms with Crippen LogP contribution in [0.25, 0.3) is 0 Å². The number of hydrogen-bond donors (Lipinski definition) is 1. The average molecular weight is 243 g/mol. The largest absolute Gasteiger partial charge is 0.454 e. The standard InChI is InChI=1S/C13H13N3O2/c1-9(13(14)17)12-5-4-11(8-16-12)18-10-3-2-6-15-7-10/h2-9H,1H3,(H2,14,17). The summed E-state index contributed by atoms with van der Waals surface area (Å²) in [5, 5.41) is 0. The molecule has 0 aliphatic carbocycles. The topological polar surface area (TPSA) is 78.1 Å². The molecule has 5 nitrogen and oxygen atoms in total. The Hall–Kier alpha value is -2.43. The maximum atomic E-state index is 11.0. The summed E-state index contributed by atoms with van der Waals surface area (Å²) in [6, 6.07) is 7.05. The van der Waals surface area contributed by atoms with Gasteiger partial charge in [0, 0.05) is 6.20 Å². The molecule has 0 spiro atoms. The molecule has 5 heteroatoms. The molecule has 0 bridgehead atoms. The van der Waals surface area contributed by atoms with Gasteiger partial charge in [0.15, 0.2) is 0 Å². The third-order valence-corrected chi connectivity index (χ3v) is 2.50. The zero-order chi connectivity index (χ0) is 13.0. The maximum absolute atomic E-state index is 11.0. The van der Waals surface area contributed by atoms with Gasteiger partial charge >= 0.3 is 0 Å². The normalized spacial score (nSPS) is 11.8. The first-order valence-corrected chi connectivity index (χ1v) is 5.50. The molecule has 1 unspecified atom stereocenters. The van der Waals surface area contributed by atoms with Crippen LogP contribution < -0.4 is 10.5 Å². The Morgan fingerprint density at radius 3 is 2.61 bits per heavy atom. The summed E-state index contributed by atoms with van der Waals surface area (Å²) in [5.41, 5.74) is 5.84. The van der Waals surface area contributed by atoms with Crippen LogP contribution in [0.1, 0.15) is 18.5 Å². The van der Waals surface area contributed by atoms with Crippen LogP contribution in [-0.4, -0.2) is 15.9 Å². The number of rotatable bonds is 4. The Kier molecular flexibility index (Phi) is 3.52. The van der Waals surface area contributed by atoms with Crippen molar-refractivity contribution in [2.75, 3.05) is 0 Å². The molecule has 2 aromatic rings. The highest BCUT2D eigenvalue weighted by Gasteiger charge is 2.12. The van der Waals surface area contributed by atoms with Crippen molar-refractivity contribution in [3.8, 4) is 11.5 Å². The van der Waals surface area contributed by atoms with E-state index in [-0.39, 0.29) is 0 Å². The number of ether oxygens (including phenoxy) is 1. The number of pyridine rings is 2. The van der Waals surface area contributed by atoms with Crippen LogP contribution in [0, 0.1) is 0 Å². The summed E-state index contributed by atoms with van der Waals surface area (Å²) in [7, 11) is 0. The molecule has 0 aromatic carbocycles. The van der Waals surface area contributed by atoms with Crippen LogP contribution >= 0.6 is 0 Å². The highest BCUT2D eigenvalue weighted by molar-refractivity contribution is 5.80. The van der Waals surface area contributed by atoms with Crippen molar-refractivity contribution in [3.05, 3.63) is 48.5 Å². The van der Waals surface area contributed by atoms with Gasteiger partial charge in [-0.25, -0.2) is 0 Å². The zero-order valence-electron chi connectivity index (χ0n) is 9.91. The highest BCUT2D eigenvalue weighted by Crippen LogP contribution is 2.21.